The van der Waals surface area contributed by atoms with E-state index in [0.29, 0.717) is 22.4 Å². The zero-order chi connectivity index (χ0) is 16.9. The summed E-state index contributed by atoms with van der Waals surface area (Å²) in [4.78, 5) is 11.2. The first-order chi connectivity index (χ1) is 10.2. The number of hydrogen-bond donors (Lipinski definition) is 2. The monoisotopic (exact) mass is 306 g/mol. The van der Waals surface area contributed by atoms with Crippen molar-refractivity contribution in [2.45, 2.75) is 53.4 Å². The number of rotatable bonds is 1. The van der Waals surface area contributed by atoms with Crippen LogP contribution < -0.4 is 11.5 Å². The fraction of sp³-hybridized carbons (Fsp3) is 0.611. The number of carbonyl (C=O) groups is 1. The molecule has 0 bridgehead atoms. The highest BCUT2D eigenvalue weighted by molar-refractivity contribution is 5.93. The molecule has 1 aromatic rings. The Morgan fingerprint density at radius 3 is 2.32 bits per heavy atom. The van der Waals surface area contributed by atoms with Crippen molar-refractivity contribution in [1.29, 1.82) is 0 Å². The van der Waals surface area contributed by atoms with Gasteiger partial charge in [-0.15, -0.1) is 0 Å². The van der Waals surface area contributed by atoms with Crippen LogP contribution in [-0.2, 0) is 4.74 Å². The Kier molecular flexibility index (Phi) is 6.27. The van der Waals surface area contributed by atoms with Gasteiger partial charge in [0.2, 0.25) is 0 Å². The van der Waals surface area contributed by atoms with Gasteiger partial charge in [0.05, 0.1) is 24.0 Å². The summed E-state index contributed by atoms with van der Waals surface area (Å²) in [5, 5.41) is 0. The van der Waals surface area contributed by atoms with E-state index in [0.717, 1.165) is 11.5 Å². The second-order valence-corrected chi connectivity index (χ2v) is 7.15. The summed E-state index contributed by atoms with van der Waals surface area (Å²) in [7, 11) is 1.33. The summed E-state index contributed by atoms with van der Waals surface area (Å²) in [5.41, 5.74) is 13.8. The molecule has 1 atom stereocenters. The molecule has 0 radical (unpaired) electrons. The lowest BCUT2D eigenvalue weighted by atomic mass is 9.73. The predicted molar refractivity (Wildman–Crippen MR) is 92.8 cm³/mol. The number of aryl methyl sites for hydroxylation is 1. The predicted octanol–water partition coefficient (Wildman–Crippen LogP) is 4.17. The fourth-order valence-corrected chi connectivity index (χ4v) is 3.15. The fourth-order valence-electron chi connectivity index (χ4n) is 3.15. The number of ether oxygens (including phenoxy) is 1. The van der Waals surface area contributed by atoms with Crippen molar-refractivity contribution < 1.29 is 9.53 Å². The lowest BCUT2D eigenvalue weighted by molar-refractivity contribution is 0.0600. The van der Waals surface area contributed by atoms with E-state index in [2.05, 4.69) is 25.5 Å². The summed E-state index contributed by atoms with van der Waals surface area (Å²) in [6, 6.07) is 3.18. The van der Waals surface area contributed by atoms with Crippen molar-refractivity contribution in [3.05, 3.63) is 23.3 Å². The van der Waals surface area contributed by atoms with Crippen molar-refractivity contribution >= 4 is 17.3 Å². The van der Waals surface area contributed by atoms with Gasteiger partial charge in [-0.1, -0.05) is 33.6 Å². The SMILES string of the molecule is CC1CCCC(C)(C)C1.COC(=O)c1cc(N)c(N)cc1C. The molecule has 1 aromatic carbocycles. The van der Waals surface area contributed by atoms with Crippen molar-refractivity contribution in [1.82, 2.24) is 0 Å². The topological polar surface area (TPSA) is 78.3 Å². The van der Waals surface area contributed by atoms with E-state index in [1.165, 1.54) is 38.9 Å². The highest BCUT2D eigenvalue weighted by Gasteiger charge is 2.24. The summed E-state index contributed by atoms with van der Waals surface area (Å²) in [6.07, 6.45) is 5.79. The number of anilines is 2. The number of nitrogens with two attached hydrogens (primary N) is 2. The maximum Gasteiger partial charge on any atom is 0.338 e. The molecule has 124 valence electrons. The third-order valence-corrected chi connectivity index (χ3v) is 4.29. The Morgan fingerprint density at radius 2 is 1.86 bits per heavy atom. The molecule has 0 aromatic heterocycles. The molecule has 1 aliphatic rings. The van der Waals surface area contributed by atoms with E-state index in [1.807, 2.05) is 0 Å². The van der Waals surface area contributed by atoms with Crippen LogP contribution in [0.25, 0.3) is 0 Å². The van der Waals surface area contributed by atoms with Crippen LogP contribution >= 0.6 is 0 Å². The standard InChI is InChI=1S/C9H12N2O2.C9H18/c1-5-3-7(10)8(11)4-6(5)9(12)13-2;1-8-5-4-6-9(2,3)7-8/h3-4H,10-11H2,1-2H3;8H,4-7H2,1-3H3. The average molecular weight is 306 g/mol. The number of esters is 1. The normalized spacial score (nSPS) is 19.8. The Balaban J connectivity index is 0.000000235. The van der Waals surface area contributed by atoms with Crippen LogP contribution in [0.5, 0.6) is 0 Å². The highest BCUT2D eigenvalue weighted by Crippen LogP contribution is 2.37. The Bertz CT molecular complexity index is 524. The molecule has 22 heavy (non-hydrogen) atoms. The van der Waals surface area contributed by atoms with Crippen LogP contribution in [0.1, 0.15) is 62.4 Å². The molecule has 0 heterocycles. The van der Waals surface area contributed by atoms with Gasteiger partial charge in [-0.3, -0.25) is 0 Å². The van der Waals surface area contributed by atoms with E-state index in [-0.39, 0.29) is 0 Å². The van der Waals surface area contributed by atoms with Crippen molar-refractivity contribution in [2.75, 3.05) is 18.6 Å². The molecule has 0 saturated heterocycles. The molecule has 0 amide bonds. The highest BCUT2D eigenvalue weighted by atomic mass is 16.5. The van der Waals surface area contributed by atoms with E-state index in [1.54, 1.807) is 13.0 Å². The van der Waals surface area contributed by atoms with Crippen molar-refractivity contribution in [3.63, 3.8) is 0 Å². The first-order valence-corrected chi connectivity index (χ1v) is 7.90. The van der Waals surface area contributed by atoms with Crippen molar-refractivity contribution in [2.24, 2.45) is 11.3 Å². The number of hydrogen-bond acceptors (Lipinski definition) is 4. The smallest absolute Gasteiger partial charge is 0.338 e. The van der Waals surface area contributed by atoms with Crippen LogP contribution in [0.15, 0.2) is 12.1 Å². The maximum atomic E-state index is 11.2. The van der Waals surface area contributed by atoms with Gasteiger partial charge in [0.25, 0.3) is 0 Å². The lowest BCUT2D eigenvalue weighted by Crippen LogP contribution is -2.20. The molecular formula is C18H30N2O2. The van der Waals surface area contributed by atoms with E-state index >= 15 is 0 Å². The molecule has 1 fully saturated rings. The Morgan fingerprint density at radius 1 is 1.27 bits per heavy atom. The molecule has 1 unspecified atom stereocenters. The molecule has 2 rings (SSSR count). The minimum absolute atomic E-state index is 0.394. The first-order valence-electron chi connectivity index (χ1n) is 7.90. The summed E-state index contributed by atoms with van der Waals surface area (Å²) >= 11 is 0. The molecular weight excluding hydrogens is 276 g/mol. The van der Waals surface area contributed by atoms with Crippen LogP contribution in [0.4, 0.5) is 11.4 Å². The van der Waals surface area contributed by atoms with E-state index in [4.69, 9.17) is 11.5 Å². The van der Waals surface area contributed by atoms with Gasteiger partial charge in [0, 0.05) is 0 Å². The molecule has 0 spiro atoms. The van der Waals surface area contributed by atoms with Gasteiger partial charge in [0.15, 0.2) is 0 Å². The van der Waals surface area contributed by atoms with Gasteiger partial charge < -0.3 is 16.2 Å². The van der Waals surface area contributed by atoms with Gasteiger partial charge >= 0.3 is 5.97 Å². The van der Waals surface area contributed by atoms with Crippen LogP contribution in [0.2, 0.25) is 0 Å². The number of methoxy groups -OCH3 is 1. The first kappa shape index (κ1) is 18.3. The summed E-state index contributed by atoms with van der Waals surface area (Å²) < 4.78 is 4.58. The van der Waals surface area contributed by atoms with E-state index in [9.17, 15) is 4.79 Å². The Labute approximate surface area is 134 Å². The minimum Gasteiger partial charge on any atom is -0.465 e. The maximum absolute atomic E-state index is 11.2. The van der Waals surface area contributed by atoms with Crippen LogP contribution in [0, 0.1) is 18.3 Å². The molecule has 1 aliphatic carbocycles. The number of carbonyl (C=O) groups excluding carboxylic acids is 1. The summed E-state index contributed by atoms with van der Waals surface area (Å²) in [6.45, 7) is 8.94. The quantitative estimate of drug-likeness (QED) is 0.603. The molecule has 0 aliphatic heterocycles. The van der Waals surface area contributed by atoms with Gasteiger partial charge in [-0.25, -0.2) is 4.79 Å². The largest absolute Gasteiger partial charge is 0.465 e. The zero-order valence-electron chi connectivity index (χ0n) is 14.5. The number of benzene rings is 1. The van der Waals surface area contributed by atoms with Gasteiger partial charge in [-0.2, -0.15) is 0 Å². The number of nitrogen functional groups attached to an aromatic ring is 2. The second kappa shape index (κ2) is 7.52. The molecule has 4 nitrogen and oxygen atoms in total. The summed E-state index contributed by atoms with van der Waals surface area (Å²) in [5.74, 6) is 0.581. The second-order valence-electron chi connectivity index (χ2n) is 7.15. The third-order valence-electron chi connectivity index (χ3n) is 4.29. The lowest BCUT2D eigenvalue weighted by Gasteiger charge is -2.33. The van der Waals surface area contributed by atoms with E-state index < -0.39 is 5.97 Å². The van der Waals surface area contributed by atoms with Crippen LogP contribution in [-0.4, -0.2) is 13.1 Å². The third kappa shape index (κ3) is 5.24. The van der Waals surface area contributed by atoms with Gasteiger partial charge in [-0.05, 0) is 48.8 Å². The minimum atomic E-state index is -0.399. The molecule has 4 N–H and O–H groups in total. The molecule has 1 saturated carbocycles. The van der Waals surface area contributed by atoms with Gasteiger partial charge in [0.1, 0.15) is 0 Å². The average Bonchev–Trinajstić information content (AvgIpc) is 2.41. The van der Waals surface area contributed by atoms with Crippen LogP contribution in [0.3, 0.4) is 0 Å². The zero-order valence-corrected chi connectivity index (χ0v) is 14.5. The molecule has 4 heteroatoms. The van der Waals surface area contributed by atoms with Crippen molar-refractivity contribution in [3.8, 4) is 0 Å². The Hall–Kier alpha value is -1.71.